The van der Waals surface area contributed by atoms with E-state index in [2.05, 4.69) is 5.32 Å². The van der Waals surface area contributed by atoms with E-state index >= 15 is 0 Å². The number of nitrogens with zero attached hydrogens (tertiary/aromatic N) is 2. The highest BCUT2D eigenvalue weighted by molar-refractivity contribution is 8.00. The Kier molecular flexibility index (Phi) is 8.67. The molecule has 1 unspecified atom stereocenters. The number of amides is 2. The number of allylic oxidation sites excluding steroid dienone is 2. The van der Waals surface area contributed by atoms with Gasteiger partial charge in [-0.25, -0.2) is 4.79 Å². The lowest BCUT2D eigenvalue weighted by molar-refractivity contribution is -0.873. The molecule has 3 rings (SSSR count). The van der Waals surface area contributed by atoms with E-state index in [0.29, 0.717) is 21.4 Å². The predicted molar refractivity (Wildman–Crippen MR) is 137 cm³/mol. The molecule has 0 spiro atoms. The molecule has 0 aliphatic carbocycles. The number of likely N-dealkylation sites (N-methyl/N-ethyl adjacent to an activating group) is 1. The first-order chi connectivity index (χ1) is 17.3. The Morgan fingerprint density at radius 1 is 1.27 bits per heavy atom. The Hall–Kier alpha value is -3.35. The van der Waals surface area contributed by atoms with Gasteiger partial charge in [0.25, 0.3) is 5.91 Å². The summed E-state index contributed by atoms with van der Waals surface area (Å²) in [4.78, 5) is 51.9. The van der Waals surface area contributed by atoms with Crippen molar-refractivity contribution in [2.75, 3.05) is 33.4 Å². The highest BCUT2D eigenvalue weighted by atomic mass is 32.2. The van der Waals surface area contributed by atoms with Crippen molar-refractivity contribution in [1.82, 2.24) is 10.2 Å². The van der Waals surface area contributed by atoms with Crippen LogP contribution in [0.1, 0.15) is 24.9 Å². The number of phenolic OH excluding ortho intramolecular Hbond substituents is 1. The van der Waals surface area contributed by atoms with Crippen LogP contribution in [0.2, 0.25) is 0 Å². The van der Waals surface area contributed by atoms with E-state index in [1.165, 1.54) is 40.9 Å². The number of quaternary nitrogens is 1. The number of nitrogens with two attached hydrogens (primary N) is 1. The predicted octanol–water partition coefficient (Wildman–Crippen LogP) is 0.715. The maximum Gasteiger partial charge on any atom is 0.355 e. The third-order valence-corrected chi connectivity index (χ3v) is 7.12. The fourth-order valence-corrected chi connectivity index (χ4v) is 5.51. The van der Waals surface area contributed by atoms with Crippen molar-refractivity contribution in [2.45, 2.75) is 36.9 Å². The van der Waals surface area contributed by atoms with Gasteiger partial charge in [-0.05, 0) is 30.2 Å². The lowest BCUT2D eigenvalue weighted by Gasteiger charge is -2.49. The number of phenols is 1. The molecule has 0 radical (unpaired) electrons. The molecule has 5 N–H and O–H groups in total. The van der Waals surface area contributed by atoms with Crippen LogP contribution in [0.25, 0.3) is 0 Å². The molecule has 2 amide bonds. The van der Waals surface area contributed by atoms with Crippen molar-refractivity contribution >= 4 is 35.5 Å². The van der Waals surface area contributed by atoms with Crippen LogP contribution >= 0.6 is 11.8 Å². The monoisotopic (exact) mass is 533 g/mol. The molecule has 2 aliphatic rings. The van der Waals surface area contributed by atoms with Crippen LogP contribution in [0, 0.1) is 0 Å². The highest BCUT2D eigenvalue weighted by Gasteiger charge is 2.54. The van der Waals surface area contributed by atoms with E-state index in [1.54, 1.807) is 19.1 Å². The zero-order valence-corrected chi connectivity index (χ0v) is 22.0. The number of thioether (sulfide) groups is 1. The Morgan fingerprint density at radius 2 is 1.92 bits per heavy atom. The number of carboxylic acid groups (broad SMARTS) is 1. The Labute approximate surface area is 219 Å². The minimum Gasteiger partial charge on any atom is -0.508 e. The standard InChI is InChI=1S/C25H32N4O7S/c1-5-6-15-13-37-24-20(27-22(33)19(26)14-7-9-16(30)10-8-14)23(34)28(24)21(15)25(35)36-17(11-18(31)32)12-29(2,3)4/h5-10,17,19-20,24H,11-13,26H2,1-4H3,(H2-,27,30,31,32,33)/p+1/b6-5+/t17?,19-,20-,24-/m1/s1. The molecule has 4 atom stereocenters. The number of rotatable bonds is 10. The van der Waals surface area contributed by atoms with Gasteiger partial charge in [0.1, 0.15) is 35.4 Å². The normalized spacial score (nSPS) is 21.2. The van der Waals surface area contributed by atoms with Crippen LogP contribution in [-0.2, 0) is 23.9 Å². The van der Waals surface area contributed by atoms with Gasteiger partial charge in [0.05, 0.1) is 27.6 Å². The van der Waals surface area contributed by atoms with E-state index < -0.39 is 47.3 Å². The topological polar surface area (TPSA) is 159 Å². The summed E-state index contributed by atoms with van der Waals surface area (Å²) in [5.41, 5.74) is 7.14. The fourth-order valence-electron chi connectivity index (χ4n) is 4.19. The van der Waals surface area contributed by atoms with Gasteiger partial charge in [-0.2, -0.15) is 0 Å². The summed E-state index contributed by atoms with van der Waals surface area (Å²) < 4.78 is 6.00. The Morgan fingerprint density at radius 3 is 2.49 bits per heavy atom. The van der Waals surface area contributed by atoms with E-state index in [0.717, 1.165) is 0 Å². The van der Waals surface area contributed by atoms with Gasteiger partial charge in [-0.3, -0.25) is 19.3 Å². The molecular formula is C25H33N4O7S+. The van der Waals surface area contributed by atoms with Crippen molar-refractivity contribution < 1.29 is 38.6 Å². The lowest BCUT2D eigenvalue weighted by atomic mass is 10.0. The number of β-lactam (4-membered cyclic amide) rings is 1. The summed E-state index contributed by atoms with van der Waals surface area (Å²) in [7, 11) is 5.57. The van der Waals surface area contributed by atoms with Gasteiger partial charge in [0.15, 0.2) is 6.10 Å². The molecule has 11 nitrogen and oxygen atoms in total. The van der Waals surface area contributed by atoms with Crippen LogP contribution < -0.4 is 11.1 Å². The summed E-state index contributed by atoms with van der Waals surface area (Å²) in [5, 5.41) is 20.9. The van der Waals surface area contributed by atoms with Gasteiger partial charge in [-0.1, -0.05) is 24.3 Å². The van der Waals surface area contributed by atoms with Gasteiger partial charge < -0.3 is 30.5 Å². The number of hydrogen-bond donors (Lipinski definition) is 4. The van der Waals surface area contributed by atoms with Crippen molar-refractivity contribution in [3.63, 3.8) is 0 Å². The third-order valence-electron chi connectivity index (χ3n) is 5.82. The third kappa shape index (κ3) is 6.70. The number of carbonyl (C=O) groups excluding carboxylic acids is 3. The Balaban J connectivity index is 1.78. The van der Waals surface area contributed by atoms with Crippen molar-refractivity contribution in [3.8, 4) is 5.75 Å². The maximum absolute atomic E-state index is 13.3. The highest BCUT2D eigenvalue weighted by Crippen LogP contribution is 2.41. The first-order valence-electron chi connectivity index (χ1n) is 11.7. The largest absolute Gasteiger partial charge is 0.508 e. The molecule has 0 aromatic heterocycles. The first-order valence-corrected chi connectivity index (χ1v) is 12.8. The van der Waals surface area contributed by atoms with Crippen LogP contribution in [0.15, 0.2) is 47.7 Å². The van der Waals surface area contributed by atoms with Crippen LogP contribution in [0.3, 0.4) is 0 Å². The van der Waals surface area contributed by atoms with Crippen LogP contribution in [0.5, 0.6) is 5.75 Å². The summed E-state index contributed by atoms with van der Waals surface area (Å²) in [5.74, 6) is -2.51. The molecule has 2 heterocycles. The second-order valence-electron chi connectivity index (χ2n) is 9.94. The number of esters is 1. The first kappa shape index (κ1) is 28.2. The molecule has 2 aliphatic heterocycles. The molecule has 12 heteroatoms. The van der Waals surface area contributed by atoms with Gasteiger partial charge in [0.2, 0.25) is 5.91 Å². The number of fused-ring (bicyclic) bond motifs is 1. The zero-order valence-electron chi connectivity index (χ0n) is 21.2. The molecule has 1 fully saturated rings. The fraction of sp³-hybridized carbons (Fsp3) is 0.440. The molecule has 1 aromatic rings. The average Bonchev–Trinajstić information content (AvgIpc) is 2.80. The maximum atomic E-state index is 13.3. The smallest absolute Gasteiger partial charge is 0.355 e. The number of aromatic hydroxyl groups is 1. The SMILES string of the molecule is C/C=C/C1=C(C(=O)OC(CC(=O)O)C[N+](C)(C)C)N2C(=O)[C@@H](NC(=O)[C@H](N)c3ccc(O)cc3)[C@H]2SC1. The van der Waals surface area contributed by atoms with Crippen molar-refractivity contribution in [1.29, 1.82) is 0 Å². The van der Waals surface area contributed by atoms with E-state index in [4.69, 9.17) is 10.5 Å². The average molecular weight is 534 g/mol. The Bertz CT molecular complexity index is 1130. The number of nitrogens with one attached hydrogen (secondary N) is 1. The number of aliphatic carboxylic acids is 1. The second-order valence-corrected chi connectivity index (χ2v) is 11.0. The lowest BCUT2D eigenvalue weighted by Crippen LogP contribution is -2.71. The summed E-state index contributed by atoms with van der Waals surface area (Å²) in [6, 6.07) is 3.93. The quantitative estimate of drug-likeness (QED) is 0.193. The summed E-state index contributed by atoms with van der Waals surface area (Å²) in [6.45, 7) is 2.05. The summed E-state index contributed by atoms with van der Waals surface area (Å²) in [6.07, 6.45) is 2.19. The number of carboxylic acids is 1. The molecule has 37 heavy (non-hydrogen) atoms. The number of ether oxygens (including phenoxy) is 1. The second kappa shape index (κ2) is 11.4. The molecule has 1 aromatic carbocycles. The molecule has 1 saturated heterocycles. The van der Waals surface area contributed by atoms with Gasteiger partial charge in [0, 0.05) is 5.75 Å². The molecule has 200 valence electrons. The minimum absolute atomic E-state index is 0.0370. The number of hydrogen-bond acceptors (Lipinski definition) is 8. The molecule has 0 saturated carbocycles. The van der Waals surface area contributed by atoms with Crippen LogP contribution in [0.4, 0.5) is 0 Å². The zero-order chi connectivity index (χ0) is 27.5. The van der Waals surface area contributed by atoms with Gasteiger partial charge in [-0.15, -0.1) is 11.8 Å². The van der Waals surface area contributed by atoms with Crippen molar-refractivity contribution in [3.05, 3.63) is 53.3 Å². The van der Waals surface area contributed by atoms with Crippen molar-refractivity contribution in [2.24, 2.45) is 5.73 Å². The van der Waals surface area contributed by atoms with Crippen LogP contribution in [-0.4, -0.2) is 94.3 Å². The number of benzene rings is 1. The number of carbonyl (C=O) groups is 4. The van der Waals surface area contributed by atoms with E-state index in [1.807, 2.05) is 21.1 Å². The molecule has 0 bridgehead atoms. The minimum atomic E-state index is -1.10. The van der Waals surface area contributed by atoms with Gasteiger partial charge >= 0.3 is 11.9 Å². The van der Waals surface area contributed by atoms with E-state index in [-0.39, 0.29) is 24.4 Å². The molecular weight excluding hydrogens is 500 g/mol. The summed E-state index contributed by atoms with van der Waals surface area (Å²) >= 11 is 1.39. The van der Waals surface area contributed by atoms with E-state index in [9.17, 15) is 29.4 Å².